The van der Waals surface area contributed by atoms with Gasteiger partial charge in [0.1, 0.15) is 23.6 Å². The smallest absolute Gasteiger partial charge is 0.260 e. The summed E-state index contributed by atoms with van der Waals surface area (Å²) in [5.41, 5.74) is 0.825. The summed E-state index contributed by atoms with van der Waals surface area (Å²) in [4.78, 5) is 34.6. The highest BCUT2D eigenvalue weighted by atomic mass is 16.5. The lowest BCUT2D eigenvalue weighted by Crippen LogP contribution is -2.61. The molecule has 3 heterocycles. The molecule has 3 aromatic rings. The number of pyridine rings is 1. The molecule has 1 saturated heterocycles. The zero-order valence-electron chi connectivity index (χ0n) is 21.2. The molecule has 0 bridgehead atoms. The van der Waals surface area contributed by atoms with E-state index in [0.717, 1.165) is 35.9 Å². The number of para-hydroxylation sites is 2. The van der Waals surface area contributed by atoms with E-state index in [4.69, 9.17) is 14.2 Å². The Bertz CT molecular complexity index is 1260. The van der Waals surface area contributed by atoms with Gasteiger partial charge in [0.15, 0.2) is 12.2 Å². The zero-order chi connectivity index (χ0) is 25.7. The zero-order valence-corrected chi connectivity index (χ0v) is 21.2. The number of aryl methyl sites for hydroxylation is 1. The van der Waals surface area contributed by atoms with E-state index < -0.39 is 5.60 Å². The van der Waals surface area contributed by atoms with E-state index in [1.165, 1.54) is 5.56 Å². The van der Waals surface area contributed by atoms with Crippen LogP contribution in [0.15, 0.2) is 60.8 Å². The Balaban J connectivity index is 1.28. The number of fused-ring (bicyclic) bond motifs is 2. The molecule has 0 aliphatic carbocycles. The first-order chi connectivity index (χ1) is 18.1. The molecule has 8 nitrogen and oxygen atoms in total. The minimum Gasteiger partial charge on any atom is -0.491 e. The van der Waals surface area contributed by atoms with Crippen LogP contribution in [0.2, 0.25) is 0 Å². The minimum absolute atomic E-state index is 0.110. The van der Waals surface area contributed by atoms with Gasteiger partial charge in [0.2, 0.25) is 0 Å². The second kappa shape index (κ2) is 11.2. The van der Waals surface area contributed by atoms with Crippen LogP contribution in [0, 0.1) is 0 Å². The molecule has 1 unspecified atom stereocenters. The number of amides is 2. The fourth-order valence-corrected chi connectivity index (χ4v) is 5.13. The molecule has 37 heavy (non-hydrogen) atoms. The molecule has 0 saturated carbocycles. The van der Waals surface area contributed by atoms with Crippen LogP contribution in [0.1, 0.15) is 24.8 Å². The summed E-state index contributed by atoms with van der Waals surface area (Å²) in [6.07, 6.45) is 4.82. The Morgan fingerprint density at radius 2 is 1.92 bits per heavy atom. The van der Waals surface area contributed by atoms with E-state index in [1.807, 2.05) is 48.5 Å². The summed E-state index contributed by atoms with van der Waals surface area (Å²) in [6.45, 7) is 1.64. The van der Waals surface area contributed by atoms with E-state index in [2.05, 4.69) is 11.1 Å². The lowest BCUT2D eigenvalue weighted by atomic mass is 9.91. The molecule has 8 heteroatoms. The van der Waals surface area contributed by atoms with Crippen LogP contribution < -0.4 is 9.47 Å². The predicted octanol–water partition coefficient (Wildman–Crippen LogP) is 3.48. The normalized spacial score (nSPS) is 21.1. The van der Waals surface area contributed by atoms with Crippen molar-refractivity contribution in [2.75, 3.05) is 46.5 Å². The Kier molecular flexibility index (Phi) is 7.55. The van der Waals surface area contributed by atoms with Crippen LogP contribution in [0.25, 0.3) is 10.9 Å². The maximum absolute atomic E-state index is 13.6. The second-order valence-corrected chi connectivity index (χ2v) is 9.67. The van der Waals surface area contributed by atoms with Gasteiger partial charge < -0.3 is 24.0 Å². The molecule has 2 aromatic carbocycles. The fraction of sp³-hybridized carbons (Fsp3) is 0.414. The van der Waals surface area contributed by atoms with Crippen molar-refractivity contribution >= 4 is 22.7 Å². The van der Waals surface area contributed by atoms with Crippen LogP contribution >= 0.6 is 0 Å². The van der Waals surface area contributed by atoms with Gasteiger partial charge in [0, 0.05) is 25.2 Å². The number of hydrogen-bond acceptors (Lipinski definition) is 6. The monoisotopic (exact) mass is 503 g/mol. The van der Waals surface area contributed by atoms with Crippen molar-refractivity contribution < 1.29 is 23.8 Å². The highest BCUT2D eigenvalue weighted by molar-refractivity contribution is 5.88. The van der Waals surface area contributed by atoms with E-state index in [-0.39, 0.29) is 25.0 Å². The number of benzene rings is 2. The molecule has 2 aliphatic rings. The summed E-state index contributed by atoms with van der Waals surface area (Å²) in [7, 11) is 1.77. The fourth-order valence-electron chi connectivity index (χ4n) is 5.13. The third-order valence-electron chi connectivity index (χ3n) is 7.16. The van der Waals surface area contributed by atoms with Gasteiger partial charge in [-0.05, 0) is 49.4 Å². The van der Waals surface area contributed by atoms with Crippen molar-refractivity contribution in [1.82, 2.24) is 14.8 Å². The van der Waals surface area contributed by atoms with Gasteiger partial charge in [-0.3, -0.25) is 14.6 Å². The van der Waals surface area contributed by atoms with Crippen molar-refractivity contribution in [1.29, 1.82) is 0 Å². The maximum Gasteiger partial charge on any atom is 0.260 e. The number of likely N-dealkylation sites (N-methyl/N-ethyl adjacent to an activating group) is 1. The van der Waals surface area contributed by atoms with Gasteiger partial charge in [-0.2, -0.15) is 0 Å². The average molecular weight is 504 g/mol. The lowest BCUT2D eigenvalue weighted by Gasteiger charge is -2.43. The Labute approximate surface area is 217 Å². The summed E-state index contributed by atoms with van der Waals surface area (Å²) >= 11 is 0. The van der Waals surface area contributed by atoms with Crippen LogP contribution in [-0.4, -0.2) is 78.7 Å². The van der Waals surface area contributed by atoms with Crippen LogP contribution in [0.5, 0.6) is 11.5 Å². The minimum atomic E-state index is -1.07. The molecule has 0 radical (unpaired) electrons. The first kappa shape index (κ1) is 25.0. The van der Waals surface area contributed by atoms with E-state index >= 15 is 0 Å². The van der Waals surface area contributed by atoms with Crippen LogP contribution in [0.4, 0.5) is 0 Å². The van der Waals surface area contributed by atoms with Crippen molar-refractivity contribution in [3.8, 4) is 11.5 Å². The van der Waals surface area contributed by atoms with Crippen molar-refractivity contribution in [3.05, 3.63) is 66.4 Å². The highest BCUT2D eigenvalue weighted by Gasteiger charge is 2.46. The SMILES string of the molecule is CN1CCOc2ccccc2CCCCC2(CN(C(=O)COc3cccc4cccnc34)CCO2)C1=O. The Morgan fingerprint density at radius 3 is 2.84 bits per heavy atom. The van der Waals surface area contributed by atoms with E-state index in [9.17, 15) is 9.59 Å². The van der Waals surface area contributed by atoms with Gasteiger partial charge in [0.05, 0.1) is 19.7 Å². The predicted molar refractivity (Wildman–Crippen MR) is 140 cm³/mol. The molecule has 1 atom stereocenters. The first-order valence-corrected chi connectivity index (χ1v) is 12.9. The summed E-state index contributed by atoms with van der Waals surface area (Å²) < 4.78 is 18.1. The molecule has 2 aliphatic heterocycles. The van der Waals surface area contributed by atoms with Gasteiger partial charge in [-0.15, -0.1) is 0 Å². The molecule has 1 fully saturated rings. The standard InChI is InChI=1S/C29H33N3O5/c1-31-16-18-35-24-12-3-2-8-22(24)9-4-5-14-29(28(31)34)21-32(17-19-37-29)26(33)20-36-25-13-6-10-23-11-7-15-30-27(23)25/h2-3,6-8,10-13,15H,4-5,9,14,16-21H2,1H3. The second-order valence-electron chi connectivity index (χ2n) is 9.67. The number of ether oxygens (including phenoxy) is 3. The number of hydrogen-bond donors (Lipinski definition) is 0. The van der Waals surface area contributed by atoms with Gasteiger partial charge >= 0.3 is 0 Å². The molecule has 1 aromatic heterocycles. The topological polar surface area (TPSA) is 81.2 Å². The largest absolute Gasteiger partial charge is 0.491 e. The Morgan fingerprint density at radius 1 is 1.05 bits per heavy atom. The molecule has 5 rings (SSSR count). The number of nitrogens with zero attached hydrogens (tertiary/aromatic N) is 3. The number of rotatable bonds is 3. The molecule has 1 spiro atoms. The third kappa shape index (κ3) is 5.54. The Hall–Kier alpha value is -3.65. The van der Waals surface area contributed by atoms with E-state index in [0.29, 0.717) is 38.5 Å². The number of carbonyl (C=O) groups is 2. The quantitative estimate of drug-likeness (QED) is 0.545. The average Bonchev–Trinajstić information content (AvgIpc) is 2.94. The summed E-state index contributed by atoms with van der Waals surface area (Å²) in [5, 5.41) is 0.950. The highest BCUT2D eigenvalue weighted by Crippen LogP contribution is 2.30. The lowest BCUT2D eigenvalue weighted by molar-refractivity contribution is -0.176. The van der Waals surface area contributed by atoms with Crippen molar-refractivity contribution in [2.24, 2.45) is 0 Å². The maximum atomic E-state index is 13.6. The van der Waals surface area contributed by atoms with Gasteiger partial charge in [-0.1, -0.05) is 36.4 Å². The number of morpholine rings is 1. The molecule has 0 N–H and O–H groups in total. The molecule has 194 valence electrons. The summed E-state index contributed by atoms with van der Waals surface area (Å²) in [5.74, 6) is 1.17. The third-order valence-corrected chi connectivity index (χ3v) is 7.16. The number of carbonyl (C=O) groups excluding carboxylic acids is 2. The van der Waals surface area contributed by atoms with Gasteiger partial charge in [-0.25, -0.2) is 0 Å². The molecule has 2 amide bonds. The van der Waals surface area contributed by atoms with E-state index in [1.54, 1.807) is 23.0 Å². The van der Waals surface area contributed by atoms with Crippen LogP contribution in [-0.2, 0) is 20.7 Å². The van der Waals surface area contributed by atoms with Crippen molar-refractivity contribution in [2.45, 2.75) is 31.3 Å². The summed E-state index contributed by atoms with van der Waals surface area (Å²) in [6, 6.07) is 17.5. The molecular formula is C29H33N3O5. The first-order valence-electron chi connectivity index (χ1n) is 12.9. The molecular weight excluding hydrogens is 470 g/mol. The van der Waals surface area contributed by atoms with Crippen molar-refractivity contribution in [3.63, 3.8) is 0 Å². The van der Waals surface area contributed by atoms with Gasteiger partial charge in [0.25, 0.3) is 11.8 Å². The number of aromatic nitrogens is 1. The van der Waals surface area contributed by atoms with Crippen LogP contribution in [0.3, 0.4) is 0 Å².